The summed E-state index contributed by atoms with van der Waals surface area (Å²) in [5.74, 6) is 0.482. The van der Waals surface area contributed by atoms with Gasteiger partial charge in [-0.05, 0) is 69.3 Å². The average Bonchev–Trinajstić information content (AvgIpc) is 2.83. The molecule has 1 saturated carbocycles. The SMILES string of the molecule is CC(NC(=O)c1cc(=O)n2ccccc2n1)c1ccc(N2CCC[C@@H](NCC3CCC3)C2)cn1. The Bertz CT molecular complexity index is 1200. The zero-order valence-electron chi connectivity index (χ0n) is 19.6. The Morgan fingerprint density at radius 3 is 2.82 bits per heavy atom. The number of hydrogen-bond acceptors (Lipinski definition) is 6. The van der Waals surface area contributed by atoms with Crippen LogP contribution in [0.15, 0.2) is 53.6 Å². The van der Waals surface area contributed by atoms with Crippen molar-refractivity contribution in [3.63, 3.8) is 0 Å². The van der Waals surface area contributed by atoms with Crippen LogP contribution in [0.5, 0.6) is 0 Å². The summed E-state index contributed by atoms with van der Waals surface area (Å²) >= 11 is 0. The summed E-state index contributed by atoms with van der Waals surface area (Å²) in [6.45, 7) is 5.07. The minimum atomic E-state index is -0.391. The lowest BCUT2D eigenvalue weighted by molar-refractivity contribution is 0.0934. The van der Waals surface area contributed by atoms with Crippen LogP contribution in [0.4, 0.5) is 5.69 Å². The molecule has 0 aromatic carbocycles. The Labute approximate surface area is 199 Å². The molecule has 8 nitrogen and oxygen atoms in total. The third-order valence-electron chi connectivity index (χ3n) is 7.07. The van der Waals surface area contributed by atoms with Crippen molar-refractivity contribution in [3.8, 4) is 0 Å². The van der Waals surface area contributed by atoms with Crippen LogP contribution in [0.2, 0.25) is 0 Å². The van der Waals surface area contributed by atoms with Crippen molar-refractivity contribution in [1.29, 1.82) is 0 Å². The normalized spacial score (nSPS) is 19.6. The lowest BCUT2D eigenvalue weighted by Crippen LogP contribution is -2.47. The van der Waals surface area contributed by atoms with E-state index in [9.17, 15) is 9.59 Å². The van der Waals surface area contributed by atoms with E-state index in [-0.39, 0.29) is 17.3 Å². The molecule has 2 aliphatic rings. The minimum Gasteiger partial charge on any atom is -0.369 e. The van der Waals surface area contributed by atoms with E-state index in [0.717, 1.165) is 36.9 Å². The first-order valence-electron chi connectivity index (χ1n) is 12.3. The van der Waals surface area contributed by atoms with E-state index in [4.69, 9.17) is 0 Å². The molecule has 2 N–H and O–H groups in total. The van der Waals surface area contributed by atoms with Gasteiger partial charge < -0.3 is 15.5 Å². The summed E-state index contributed by atoms with van der Waals surface area (Å²) in [5.41, 5.74) is 2.14. The number of carbonyl (C=O) groups is 1. The Hall–Kier alpha value is -3.26. The van der Waals surface area contributed by atoms with Gasteiger partial charge in [0.2, 0.25) is 0 Å². The highest BCUT2D eigenvalue weighted by Gasteiger charge is 2.23. The first kappa shape index (κ1) is 22.5. The standard InChI is InChI=1S/C26H32N6O2/c1-18(29-26(34)23-14-25(33)32-13-3-2-9-24(32)30-23)22-11-10-21(16-28-22)31-12-5-8-20(17-31)27-15-19-6-4-7-19/h2-3,9-11,13-14,16,18-20,27H,4-8,12,15,17H2,1H3,(H,29,34)/t18?,20-/m1/s1. The zero-order chi connectivity index (χ0) is 23.5. The molecule has 1 amide bonds. The van der Waals surface area contributed by atoms with Crippen LogP contribution in [-0.2, 0) is 0 Å². The van der Waals surface area contributed by atoms with E-state index >= 15 is 0 Å². The molecule has 178 valence electrons. The van der Waals surface area contributed by atoms with Crippen molar-refractivity contribution in [2.75, 3.05) is 24.5 Å². The van der Waals surface area contributed by atoms with Crippen LogP contribution in [0.3, 0.4) is 0 Å². The summed E-state index contributed by atoms with van der Waals surface area (Å²) < 4.78 is 1.41. The summed E-state index contributed by atoms with van der Waals surface area (Å²) in [4.78, 5) is 36.4. The fourth-order valence-corrected chi connectivity index (χ4v) is 4.76. The van der Waals surface area contributed by atoms with Gasteiger partial charge >= 0.3 is 0 Å². The zero-order valence-corrected chi connectivity index (χ0v) is 19.6. The maximum absolute atomic E-state index is 12.7. The van der Waals surface area contributed by atoms with Crippen LogP contribution in [0.25, 0.3) is 5.65 Å². The van der Waals surface area contributed by atoms with Crippen molar-refractivity contribution < 1.29 is 4.79 Å². The van der Waals surface area contributed by atoms with Crippen LogP contribution in [0, 0.1) is 5.92 Å². The number of nitrogens with one attached hydrogen (secondary N) is 2. The molecular formula is C26H32N6O2. The van der Waals surface area contributed by atoms with Gasteiger partial charge in [-0.2, -0.15) is 0 Å². The average molecular weight is 461 g/mol. The van der Waals surface area contributed by atoms with Crippen LogP contribution >= 0.6 is 0 Å². The molecular weight excluding hydrogens is 428 g/mol. The first-order valence-corrected chi connectivity index (χ1v) is 12.3. The number of carbonyl (C=O) groups excluding carboxylic acids is 1. The second kappa shape index (κ2) is 9.93. The third kappa shape index (κ3) is 4.97. The fourth-order valence-electron chi connectivity index (χ4n) is 4.76. The number of rotatable bonds is 7. The molecule has 0 bridgehead atoms. The van der Waals surface area contributed by atoms with Crippen LogP contribution < -0.4 is 21.1 Å². The molecule has 3 aromatic rings. The summed E-state index contributed by atoms with van der Waals surface area (Å²) in [5, 5.41) is 6.68. The smallest absolute Gasteiger partial charge is 0.270 e. The second-order valence-corrected chi connectivity index (χ2v) is 9.54. The number of fused-ring (bicyclic) bond motifs is 1. The molecule has 1 aliphatic heterocycles. The second-order valence-electron chi connectivity index (χ2n) is 9.54. The molecule has 2 fully saturated rings. The van der Waals surface area contributed by atoms with Crippen LogP contribution in [-0.4, -0.2) is 46.0 Å². The van der Waals surface area contributed by atoms with Gasteiger partial charge in [0.25, 0.3) is 11.5 Å². The van der Waals surface area contributed by atoms with Gasteiger partial charge in [0.15, 0.2) is 0 Å². The number of piperidine rings is 1. The molecule has 0 spiro atoms. The highest BCUT2D eigenvalue weighted by molar-refractivity contribution is 5.92. The van der Waals surface area contributed by atoms with Crippen molar-refractivity contribution in [1.82, 2.24) is 25.0 Å². The highest BCUT2D eigenvalue weighted by Crippen LogP contribution is 2.26. The molecule has 8 heteroatoms. The van der Waals surface area contributed by atoms with Crippen molar-refractivity contribution in [3.05, 3.63) is 70.5 Å². The number of amides is 1. The van der Waals surface area contributed by atoms with Crippen LogP contribution in [0.1, 0.15) is 61.3 Å². The first-order chi connectivity index (χ1) is 16.6. The third-order valence-corrected chi connectivity index (χ3v) is 7.07. The summed E-state index contributed by atoms with van der Waals surface area (Å²) in [6.07, 6.45) is 10.1. The highest BCUT2D eigenvalue weighted by atomic mass is 16.2. The van der Waals surface area contributed by atoms with Gasteiger partial charge in [0, 0.05) is 31.4 Å². The molecule has 34 heavy (non-hydrogen) atoms. The topological polar surface area (TPSA) is 91.6 Å². The molecule has 3 aromatic heterocycles. The predicted molar refractivity (Wildman–Crippen MR) is 132 cm³/mol. The van der Waals surface area contributed by atoms with E-state index in [1.54, 1.807) is 24.4 Å². The number of pyridine rings is 2. The van der Waals surface area contributed by atoms with E-state index in [2.05, 4.69) is 31.6 Å². The molecule has 0 radical (unpaired) electrons. The number of aromatic nitrogens is 3. The maximum atomic E-state index is 12.7. The molecule has 1 unspecified atom stereocenters. The van der Waals surface area contributed by atoms with Gasteiger partial charge in [0.05, 0.1) is 23.6 Å². The van der Waals surface area contributed by atoms with Gasteiger partial charge in [-0.15, -0.1) is 0 Å². The van der Waals surface area contributed by atoms with Crippen molar-refractivity contribution in [2.45, 2.75) is 51.1 Å². The van der Waals surface area contributed by atoms with Crippen molar-refractivity contribution >= 4 is 17.2 Å². The van der Waals surface area contributed by atoms with Crippen molar-refractivity contribution in [2.24, 2.45) is 5.92 Å². The number of nitrogens with zero attached hydrogens (tertiary/aromatic N) is 4. The molecule has 1 saturated heterocycles. The monoisotopic (exact) mass is 460 g/mol. The van der Waals surface area contributed by atoms with E-state index in [0.29, 0.717) is 11.7 Å². The Morgan fingerprint density at radius 2 is 2.06 bits per heavy atom. The Morgan fingerprint density at radius 1 is 1.18 bits per heavy atom. The molecule has 5 rings (SSSR count). The lowest BCUT2D eigenvalue weighted by atomic mass is 9.85. The molecule has 2 atom stereocenters. The Balaban J connectivity index is 1.20. The fraction of sp³-hybridized carbons (Fsp3) is 0.462. The van der Waals surface area contributed by atoms with Gasteiger partial charge in [-0.25, -0.2) is 4.98 Å². The Kier molecular flexibility index (Phi) is 6.58. The summed E-state index contributed by atoms with van der Waals surface area (Å²) in [7, 11) is 0. The lowest BCUT2D eigenvalue weighted by Gasteiger charge is -2.36. The molecule has 4 heterocycles. The van der Waals surface area contributed by atoms with Gasteiger partial charge in [0.1, 0.15) is 11.3 Å². The number of hydrogen-bond donors (Lipinski definition) is 2. The number of anilines is 1. The van der Waals surface area contributed by atoms with Gasteiger partial charge in [-0.3, -0.25) is 19.0 Å². The molecule has 1 aliphatic carbocycles. The van der Waals surface area contributed by atoms with E-state index < -0.39 is 5.91 Å². The quantitative estimate of drug-likeness (QED) is 0.563. The minimum absolute atomic E-state index is 0.105. The van der Waals surface area contributed by atoms with E-state index in [1.807, 2.05) is 19.2 Å². The van der Waals surface area contributed by atoms with E-state index in [1.165, 1.54) is 42.6 Å². The predicted octanol–water partition coefficient (Wildman–Crippen LogP) is 2.94. The summed E-state index contributed by atoms with van der Waals surface area (Å²) in [6, 6.07) is 10.8. The van der Waals surface area contributed by atoms with Gasteiger partial charge in [-0.1, -0.05) is 12.5 Å². The largest absolute Gasteiger partial charge is 0.369 e. The maximum Gasteiger partial charge on any atom is 0.270 e.